The number of fused-ring (bicyclic) bond motifs is 3. The first-order chi connectivity index (χ1) is 13.8. The third kappa shape index (κ3) is 3.37. The Morgan fingerprint density at radius 3 is 2.96 bits per heavy atom. The van der Waals surface area contributed by atoms with Crippen molar-refractivity contribution >= 4 is 16.6 Å². The van der Waals surface area contributed by atoms with Gasteiger partial charge >= 0.3 is 0 Å². The van der Waals surface area contributed by atoms with E-state index in [1.807, 2.05) is 10.7 Å². The van der Waals surface area contributed by atoms with E-state index in [0.717, 1.165) is 35.2 Å². The molecule has 3 heterocycles. The number of rotatable bonds is 5. The third-order valence-corrected chi connectivity index (χ3v) is 6.35. The predicted molar refractivity (Wildman–Crippen MR) is 111 cm³/mol. The molecule has 1 atom stereocenters. The molecule has 5 rings (SSSR count). The number of allylic oxidation sites excluding steroid dienone is 3. The third-order valence-electron chi connectivity index (χ3n) is 6.35. The maximum atomic E-state index is 4.53. The van der Waals surface area contributed by atoms with Gasteiger partial charge in [0.2, 0.25) is 0 Å². The molecular weight excluding hydrogens is 348 g/mol. The van der Waals surface area contributed by atoms with Crippen LogP contribution in [-0.2, 0) is 0 Å². The Kier molecular flexibility index (Phi) is 4.72. The van der Waals surface area contributed by atoms with E-state index >= 15 is 0 Å². The zero-order valence-electron chi connectivity index (χ0n) is 16.4. The van der Waals surface area contributed by atoms with Gasteiger partial charge in [-0.3, -0.25) is 0 Å². The van der Waals surface area contributed by atoms with Gasteiger partial charge < -0.3 is 10.3 Å². The van der Waals surface area contributed by atoms with Crippen molar-refractivity contribution in [3.8, 4) is 0 Å². The molecule has 28 heavy (non-hydrogen) atoms. The number of hydrogen-bond acceptors (Lipinski definition) is 4. The van der Waals surface area contributed by atoms with Crippen molar-refractivity contribution < 1.29 is 0 Å². The molecule has 0 bridgehead atoms. The lowest BCUT2D eigenvalue weighted by molar-refractivity contribution is 0.342. The van der Waals surface area contributed by atoms with E-state index in [4.69, 9.17) is 0 Å². The van der Waals surface area contributed by atoms with Gasteiger partial charge in [0.05, 0.1) is 5.69 Å². The quantitative estimate of drug-likeness (QED) is 0.702. The molecule has 0 radical (unpaired) electrons. The summed E-state index contributed by atoms with van der Waals surface area (Å²) in [6.45, 7) is 3.35. The number of nitrogens with one attached hydrogen (secondary N) is 2. The van der Waals surface area contributed by atoms with Crippen molar-refractivity contribution in [3.63, 3.8) is 0 Å². The van der Waals surface area contributed by atoms with Crippen LogP contribution in [0.4, 0.5) is 0 Å². The van der Waals surface area contributed by atoms with Crippen LogP contribution in [-0.4, -0.2) is 37.4 Å². The van der Waals surface area contributed by atoms with Crippen LogP contribution in [0.5, 0.6) is 0 Å². The number of nitrogens with zero attached hydrogens (tertiary/aromatic N) is 4. The average Bonchev–Trinajstić information content (AvgIpc) is 3.36. The zero-order chi connectivity index (χ0) is 18.9. The van der Waals surface area contributed by atoms with Crippen molar-refractivity contribution in [2.24, 2.45) is 5.92 Å². The Hall–Kier alpha value is -2.47. The summed E-state index contributed by atoms with van der Waals surface area (Å²) in [6.07, 6.45) is 17.8. The van der Waals surface area contributed by atoms with Gasteiger partial charge in [0, 0.05) is 23.5 Å². The van der Waals surface area contributed by atoms with E-state index in [1.54, 1.807) is 6.33 Å². The number of aromatic nitrogens is 5. The van der Waals surface area contributed by atoms with E-state index in [2.05, 4.69) is 56.8 Å². The maximum absolute atomic E-state index is 4.53. The lowest BCUT2D eigenvalue weighted by atomic mass is 9.83. The second kappa shape index (κ2) is 7.51. The summed E-state index contributed by atoms with van der Waals surface area (Å²) in [4.78, 5) is 7.59. The van der Waals surface area contributed by atoms with Crippen LogP contribution in [0.2, 0.25) is 0 Å². The molecule has 3 aromatic rings. The molecule has 0 aliphatic heterocycles. The number of hydrogen-bond donors (Lipinski definition) is 2. The fraction of sp³-hybridized carbons (Fsp3) is 0.500. The summed E-state index contributed by atoms with van der Waals surface area (Å²) in [7, 11) is 0. The van der Waals surface area contributed by atoms with E-state index < -0.39 is 0 Å². The molecule has 1 fully saturated rings. The highest BCUT2D eigenvalue weighted by molar-refractivity contribution is 5.92. The van der Waals surface area contributed by atoms with Gasteiger partial charge in [-0.2, -0.15) is 0 Å². The van der Waals surface area contributed by atoms with Crippen molar-refractivity contribution in [1.29, 1.82) is 0 Å². The highest BCUT2D eigenvalue weighted by atomic mass is 15.4. The lowest BCUT2D eigenvalue weighted by Gasteiger charge is -2.28. The first-order valence-corrected chi connectivity index (χ1v) is 10.6. The van der Waals surface area contributed by atoms with Gasteiger partial charge in [-0.1, -0.05) is 35.9 Å². The normalized spacial score (nSPS) is 25.5. The monoisotopic (exact) mass is 376 g/mol. The maximum Gasteiger partial charge on any atom is 0.141 e. The largest absolute Gasteiger partial charge is 0.346 e. The van der Waals surface area contributed by atoms with Crippen LogP contribution in [0.15, 0.2) is 42.4 Å². The molecule has 0 amide bonds. The van der Waals surface area contributed by atoms with Crippen LogP contribution in [0, 0.1) is 5.92 Å². The molecule has 0 saturated heterocycles. The second-order valence-electron chi connectivity index (χ2n) is 8.36. The van der Waals surface area contributed by atoms with Crippen molar-refractivity contribution in [2.45, 2.75) is 57.4 Å². The topological polar surface area (TPSA) is 70.9 Å². The first-order valence-electron chi connectivity index (χ1n) is 10.6. The molecule has 2 aliphatic rings. The molecular formula is C22H28N6. The van der Waals surface area contributed by atoms with Crippen molar-refractivity contribution in [3.05, 3.63) is 48.1 Å². The summed E-state index contributed by atoms with van der Waals surface area (Å²) in [5.74, 6) is 1.19. The summed E-state index contributed by atoms with van der Waals surface area (Å²) >= 11 is 0. The van der Waals surface area contributed by atoms with E-state index in [1.165, 1.54) is 37.7 Å². The van der Waals surface area contributed by atoms with Gasteiger partial charge in [-0.25, -0.2) is 9.50 Å². The van der Waals surface area contributed by atoms with Gasteiger partial charge in [0.25, 0.3) is 0 Å². The standard InChI is InChI=1S/C22H28N6/c1-15-2-4-16(5-3-15)10-12-23-18-8-6-17(7-9-18)20-21-19-11-13-24-22(19)25-14-28(21)27-26-20/h2,4-5,11,13-15,17-18,23-24H,3,6-10,12H2,1H3. The molecule has 2 aliphatic carbocycles. The number of H-pyrrole nitrogens is 1. The predicted octanol–water partition coefficient (Wildman–Crippen LogP) is 4.13. The van der Waals surface area contributed by atoms with Crippen LogP contribution in [0.25, 0.3) is 16.6 Å². The highest BCUT2D eigenvalue weighted by Gasteiger charge is 2.26. The van der Waals surface area contributed by atoms with Crippen LogP contribution >= 0.6 is 0 Å². The molecule has 146 valence electrons. The molecule has 2 N–H and O–H groups in total. The van der Waals surface area contributed by atoms with Crippen molar-refractivity contribution in [2.75, 3.05) is 6.54 Å². The minimum Gasteiger partial charge on any atom is -0.346 e. The van der Waals surface area contributed by atoms with Gasteiger partial charge in [-0.15, -0.1) is 5.10 Å². The fourth-order valence-corrected chi connectivity index (χ4v) is 4.64. The summed E-state index contributed by atoms with van der Waals surface area (Å²) in [5, 5.41) is 13.7. The van der Waals surface area contributed by atoms with Crippen LogP contribution in [0.1, 0.15) is 57.1 Å². The Labute approximate surface area is 165 Å². The Morgan fingerprint density at radius 1 is 1.25 bits per heavy atom. The molecule has 6 nitrogen and oxygen atoms in total. The molecule has 1 saturated carbocycles. The SMILES string of the molecule is CC1C=CC(CCNC2CCC(c3nnn4cnc5[nH]ccc5c34)CC2)=CC1. The van der Waals surface area contributed by atoms with E-state index in [0.29, 0.717) is 17.9 Å². The van der Waals surface area contributed by atoms with Crippen LogP contribution < -0.4 is 5.32 Å². The van der Waals surface area contributed by atoms with Gasteiger partial charge in [-0.05, 0) is 57.1 Å². The Bertz CT molecular complexity index is 1020. The lowest BCUT2D eigenvalue weighted by Crippen LogP contribution is -2.33. The summed E-state index contributed by atoms with van der Waals surface area (Å²) in [5.41, 5.74) is 4.65. The van der Waals surface area contributed by atoms with Crippen LogP contribution in [0.3, 0.4) is 0 Å². The van der Waals surface area contributed by atoms with E-state index in [-0.39, 0.29) is 0 Å². The fourth-order valence-electron chi connectivity index (χ4n) is 4.64. The number of aromatic amines is 1. The Morgan fingerprint density at radius 2 is 2.14 bits per heavy atom. The smallest absolute Gasteiger partial charge is 0.141 e. The molecule has 0 aromatic carbocycles. The first kappa shape index (κ1) is 17.6. The summed E-state index contributed by atoms with van der Waals surface area (Å²) in [6, 6.07) is 2.70. The molecule has 6 heteroatoms. The molecule has 1 unspecified atom stereocenters. The van der Waals surface area contributed by atoms with Crippen molar-refractivity contribution in [1.82, 2.24) is 30.1 Å². The average molecular weight is 377 g/mol. The Balaban J connectivity index is 1.19. The minimum atomic E-state index is 0.488. The molecule has 0 spiro atoms. The van der Waals surface area contributed by atoms with Gasteiger partial charge in [0.1, 0.15) is 17.5 Å². The molecule has 3 aromatic heterocycles. The van der Waals surface area contributed by atoms with Gasteiger partial charge in [0.15, 0.2) is 0 Å². The summed E-state index contributed by atoms with van der Waals surface area (Å²) < 4.78 is 1.82. The zero-order valence-corrected chi connectivity index (χ0v) is 16.4. The van der Waals surface area contributed by atoms with E-state index in [9.17, 15) is 0 Å². The highest BCUT2D eigenvalue weighted by Crippen LogP contribution is 2.35. The second-order valence-corrected chi connectivity index (χ2v) is 8.36. The minimum absolute atomic E-state index is 0.488.